The Morgan fingerprint density at radius 2 is 2.14 bits per heavy atom. The van der Waals surface area contributed by atoms with Crippen LogP contribution >= 0.6 is 0 Å². The first kappa shape index (κ1) is 13.4. The van der Waals surface area contributed by atoms with E-state index in [0.29, 0.717) is 12.1 Å². The molecule has 1 aromatic rings. The van der Waals surface area contributed by atoms with Crippen molar-refractivity contribution in [2.75, 3.05) is 7.11 Å². The molecule has 0 bridgehead atoms. The number of aliphatic imine (C=N–C) groups is 1. The number of ether oxygens (including phenoxy) is 1. The third-order valence-corrected chi connectivity index (χ3v) is 3.77. The number of fused-ring (bicyclic) bond motifs is 1. The highest BCUT2D eigenvalue weighted by Gasteiger charge is 2.35. The van der Waals surface area contributed by atoms with Crippen LogP contribution in [0.4, 0.5) is 0 Å². The van der Waals surface area contributed by atoms with Crippen molar-refractivity contribution in [3.8, 4) is 5.75 Å². The Labute approximate surface area is 122 Å². The van der Waals surface area contributed by atoms with Gasteiger partial charge in [-0.25, -0.2) is 4.79 Å². The number of carboxylic acid groups (broad SMARTS) is 1. The maximum absolute atomic E-state index is 11.2. The number of hydrogen-bond donors (Lipinski definition) is 1. The van der Waals surface area contributed by atoms with Gasteiger partial charge in [-0.15, -0.1) is 0 Å². The summed E-state index contributed by atoms with van der Waals surface area (Å²) in [6.07, 6.45) is 6.83. The first-order valence-electron chi connectivity index (χ1n) is 6.72. The van der Waals surface area contributed by atoms with Crippen molar-refractivity contribution in [1.29, 1.82) is 0 Å². The molecular formula is C16H16N2O3. The molecule has 2 aliphatic heterocycles. The van der Waals surface area contributed by atoms with E-state index >= 15 is 0 Å². The van der Waals surface area contributed by atoms with Crippen molar-refractivity contribution in [3.63, 3.8) is 0 Å². The highest BCUT2D eigenvalue weighted by molar-refractivity contribution is 5.94. The van der Waals surface area contributed by atoms with Gasteiger partial charge in [0.1, 0.15) is 11.9 Å². The molecule has 0 fully saturated rings. The molecule has 5 heteroatoms. The fourth-order valence-electron chi connectivity index (χ4n) is 2.66. The van der Waals surface area contributed by atoms with Crippen molar-refractivity contribution in [2.45, 2.75) is 12.7 Å². The van der Waals surface area contributed by atoms with Gasteiger partial charge in [-0.05, 0) is 30.0 Å². The zero-order valence-corrected chi connectivity index (χ0v) is 11.6. The summed E-state index contributed by atoms with van der Waals surface area (Å²) < 4.78 is 5.14. The predicted octanol–water partition coefficient (Wildman–Crippen LogP) is 2.06. The van der Waals surface area contributed by atoms with Gasteiger partial charge in [0, 0.05) is 18.3 Å². The molecule has 0 radical (unpaired) electrons. The van der Waals surface area contributed by atoms with E-state index < -0.39 is 5.97 Å². The van der Waals surface area contributed by atoms with Gasteiger partial charge < -0.3 is 14.7 Å². The molecule has 0 amide bonds. The lowest BCUT2D eigenvalue weighted by atomic mass is 9.95. The minimum atomic E-state index is -0.882. The van der Waals surface area contributed by atoms with Crippen LogP contribution in [0.3, 0.4) is 0 Å². The third kappa shape index (κ3) is 2.54. The number of methoxy groups -OCH3 is 1. The molecule has 0 aliphatic carbocycles. The summed E-state index contributed by atoms with van der Waals surface area (Å²) in [7, 11) is 1.64. The van der Waals surface area contributed by atoms with E-state index in [1.54, 1.807) is 19.4 Å². The van der Waals surface area contributed by atoms with Crippen molar-refractivity contribution < 1.29 is 14.6 Å². The fraction of sp³-hybridized carbons (Fsp3) is 0.250. The van der Waals surface area contributed by atoms with Gasteiger partial charge in [0.2, 0.25) is 0 Å². The Kier molecular flexibility index (Phi) is 3.48. The number of rotatable bonds is 4. The van der Waals surface area contributed by atoms with Crippen LogP contribution in [0.15, 0.2) is 53.2 Å². The van der Waals surface area contributed by atoms with Crippen molar-refractivity contribution in [3.05, 3.63) is 53.8 Å². The molecule has 5 nitrogen and oxygen atoms in total. The number of benzene rings is 1. The van der Waals surface area contributed by atoms with Gasteiger partial charge in [-0.1, -0.05) is 18.2 Å². The maximum Gasteiger partial charge on any atom is 0.332 e. The van der Waals surface area contributed by atoms with Crippen LogP contribution in [0.2, 0.25) is 0 Å². The van der Waals surface area contributed by atoms with E-state index in [1.807, 2.05) is 36.5 Å². The predicted molar refractivity (Wildman–Crippen MR) is 79.2 cm³/mol. The van der Waals surface area contributed by atoms with Gasteiger partial charge in [0.05, 0.1) is 13.0 Å². The normalized spacial score (nSPS) is 22.9. The van der Waals surface area contributed by atoms with E-state index in [2.05, 4.69) is 9.89 Å². The second kappa shape index (κ2) is 5.44. The first-order chi connectivity index (χ1) is 10.2. The molecule has 0 saturated carbocycles. The molecule has 108 valence electrons. The van der Waals surface area contributed by atoms with Crippen LogP contribution in [0, 0.1) is 5.92 Å². The number of carbonyl (C=O) groups is 1. The molecule has 2 unspecified atom stereocenters. The topological polar surface area (TPSA) is 62.1 Å². The standard InChI is InChI=1S/C16H16N2O3/c1-21-12-4-2-11(3-5-12)10-18-9-7-13-14(16(19)20)6-8-17-15(13)18/h2-9,13,15H,10H2,1H3,(H,19,20). The van der Waals surface area contributed by atoms with Gasteiger partial charge >= 0.3 is 5.97 Å². The van der Waals surface area contributed by atoms with Crippen LogP contribution in [0.25, 0.3) is 0 Å². The summed E-state index contributed by atoms with van der Waals surface area (Å²) in [6.45, 7) is 0.686. The summed E-state index contributed by atoms with van der Waals surface area (Å²) >= 11 is 0. The van der Waals surface area contributed by atoms with Crippen molar-refractivity contribution >= 4 is 12.2 Å². The Bertz CT molecular complexity index is 631. The van der Waals surface area contributed by atoms with Gasteiger partial charge in [-0.2, -0.15) is 0 Å². The lowest BCUT2D eigenvalue weighted by Crippen LogP contribution is -2.34. The zero-order chi connectivity index (χ0) is 14.8. The minimum absolute atomic E-state index is 0.164. The molecule has 2 atom stereocenters. The Morgan fingerprint density at radius 3 is 2.81 bits per heavy atom. The SMILES string of the molecule is COc1ccc(CN2C=CC3C(C(=O)O)=CC=NC32)cc1. The number of dihydropyridines is 1. The van der Waals surface area contributed by atoms with Gasteiger partial charge in [0.15, 0.2) is 0 Å². The van der Waals surface area contributed by atoms with Crippen LogP contribution < -0.4 is 4.74 Å². The van der Waals surface area contributed by atoms with Crippen LogP contribution in [0.1, 0.15) is 5.56 Å². The minimum Gasteiger partial charge on any atom is -0.497 e. The molecular weight excluding hydrogens is 268 g/mol. The quantitative estimate of drug-likeness (QED) is 0.919. The molecule has 0 spiro atoms. The third-order valence-electron chi connectivity index (χ3n) is 3.77. The summed E-state index contributed by atoms with van der Waals surface area (Å²) in [5.41, 5.74) is 1.52. The molecule has 21 heavy (non-hydrogen) atoms. The van der Waals surface area contributed by atoms with Gasteiger partial charge in [0.25, 0.3) is 0 Å². The van der Waals surface area contributed by atoms with Crippen LogP contribution in [0.5, 0.6) is 5.75 Å². The highest BCUT2D eigenvalue weighted by Crippen LogP contribution is 2.32. The summed E-state index contributed by atoms with van der Waals surface area (Å²) in [6, 6.07) is 7.83. The average molecular weight is 284 g/mol. The van der Waals surface area contributed by atoms with E-state index in [0.717, 1.165) is 11.3 Å². The molecule has 2 aliphatic rings. The number of hydrogen-bond acceptors (Lipinski definition) is 4. The lowest BCUT2D eigenvalue weighted by Gasteiger charge is -2.28. The number of nitrogens with zero attached hydrogens (tertiary/aromatic N) is 2. The van der Waals surface area contributed by atoms with Crippen LogP contribution in [-0.2, 0) is 11.3 Å². The fourth-order valence-corrected chi connectivity index (χ4v) is 2.66. The summed E-state index contributed by atoms with van der Waals surface area (Å²) in [5.74, 6) is -0.238. The monoisotopic (exact) mass is 284 g/mol. The molecule has 1 aromatic carbocycles. The largest absolute Gasteiger partial charge is 0.497 e. The van der Waals surface area contributed by atoms with Crippen LogP contribution in [-0.4, -0.2) is 35.5 Å². The molecule has 0 aromatic heterocycles. The summed E-state index contributed by atoms with van der Waals surface area (Å²) in [5, 5.41) is 9.22. The van der Waals surface area contributed by atoms with E-state index in [4.69, 9.17) is 4.74 Å². The number of allylic oxidation sites excluding steroid dienone is 1. The van der Waals surface area contributed by atoms with E-state index in [1.165, 1.54) is 0 Å². The molecule has 2 heterocycles. The Balaban J connectivity index is 1.74. The Morgan fingerprint density at radius 1 is 1.38 bits per heavy atom. The maximum atomic E-state index is 11.2. The summed E-state index contributed by atoms with van der Waals surface area (Å²) in [4.78, 5) is 17.7. The lowest BCUT2D eigenvalue weighted by molar-refractivity contribution is -0.133. The number of aliphatic carboxylic acids is 1. The first-order valence-corrected chi connectivity index (χ1v) is 6.72. The van der Waals surface area contributed by atoms with E-state index in [-0.39, 0.29) is 12.1 Å². The zero-order valence-electron chi connectivity index (χ0n) is 11.6. The Hall–Kier alpha value is -2.56. The van der Waals surface area contributed by atoms with Crippen molar-refractivity contribution in [1.82, 2.24) is 4.90 Å². The van der Waals surface area contributed by atoms with Crippen molar-refractivity contribution in [2.24, 2.45) is 10.9 Å². The van der Waals surface area contributed by atoms with E-state index in [9.17, 15) is 9.90 Å². The highest BCUT2D eigenvalue weighted by atomic mass is 16.5. The van der Waals surface area contributed by atoms with Gasteiger partial charge in [-0.3, -0.25) is 4.99 Å². The second-order valence-electron chi connectivity index (χ2n) is 5.03. The molecule has 3 rings (SSSR count). The number of carboxylic acids is 1. The molecule has 0 saturated heterocycles. The molecule has 1 N–H and O–H groups in total. The average Bonchev–Trinajstić information content (AvgIpc) is 2.91. The smallest absolute Gasteiger partial charge is 0.332 e. The second-order valence-corrected chi connectivity index (χ2v) is 5.03.